The maximum absolute atomic E-state index is 12.5. The van der Waals surface area contributed by atoms with Crippen LogP contribution in [-0.2, 0) is 16.6 Å². The minimum Gasteiger partial charge on any atom is -0.311 e. The van der Waals surface area contributed by atoms with Crippen molar-refractivity contribution in [3.8, 4) is 17.2 Å². The first kappa shape index (κ1) is 17.0. The molecule has 2 atom stereocenters. The van der Waals surface area contributed by atoms with Crippen LogP contribution in [0, 0.1) is 17.2 Å². The summed E-state index contributed by atoms with van der Waals surface area (Å²) in [5, 5.41) is 9.46. The molecule has 2 aliphatic rings. The van der Waals surface area contributed by atoms with Gasteiger partial charge < -0.3 is 4.57 Å². The van der Waals surface area contributed by atoms with Crippen molar-refractivity contribution in [1.29, 1.82) is 5.26 Å². The van der Waals surface area contributed by atoms with Gasteiger partial charge in [0.25, 0.3) is 5.56 Å². The Kier molecular flexibility index (Phi) is 3.98. The lowest BCUT2D eigenvalue weighted by Crippen LogP contribution is -2.49. The van der Waals surface area contributed by atoms with Crippen molar-refractivity contribution in [2.24, 2.45) is 5.92 Å². The van der Waals surface area contributed by atoms with Crippen LogP contribution in [-0.4, -0.2) is 36.6 Å². The van der Waals surface area contributed by atoms with E-state index in [0.717, 1.165) is 23.2 Å². The third-order valence-electron chi connectivity index (χ3n) is 5.36. The Labute approximate surface area is 152 Å². The standard InChI is InChI=1S/C19H19N3O3S/c1-26(24,25)21-10-13-8-15(12-21)19-17(6-7-18(23)22(19)11-13)16-5-3-2-4-14(16)9-20/h2-7,13,15H,8,10-12H2,1H3/t13-,15+/m0/s1. The molecule has 0 saturated carbocycles. The summed E-state index contributed by atoms with van der Waals surface area (Å²) in [6, 6.07) is 12.8. The lowest BCUT2D eigenvalue weighted by Gasteiger charge is -2.42. The van der Waals surface area contributed by atoms with E-state index in [-0.39, 0.29) is 17.4 Å². The average Bonchev–Trinajstić information content (AvgIpc) is 2.61. The van der Waals surface area contributed by atoms with Crippen LogP contribution >= 0.6 is 0 Å². The Hall–Kier alpha value is -2.43. The zero-order chi connectivity index (χ0) is 18.5. The molecule has 0 amide bonds. The topological polar surface area (TPSA) is 83.2 Å². The summed E-state index contributed by atoms with van der Waals surface area (Å²) in [5.74, 6) is 0.0861. The van der Waals surface area contributed by atoms with E-state index in [1.807, 2.05) is 18.2 Å². The maximum atomic E-state index is 12.5. The predicted octanol–water partition coefficient (Wildman–Crippen LogP) is 1.77. The fourth-order valence-electron chi connectivity index (χ4n) is 4.29. The molecule has 134 valence electrons. The molecular formula is C19H19N3O3S. The number of rotatable bonds is 2. The second kappa shape index (κ2) is 6.08. The molecule has 0 spiro atoms. The fraction of sp³-hybridized carbons (Fsp3) is 0.368. The van der Waals surface area contributed by atoms with E-state index in [9.17, 15) is 18.5 Å². The summed E-state index contributed by atoms with van der Waals surface area (Å²) in [4.78, 5) is 12.5. The van der Waals surface area contributed by atoms with Gasteiger partial charge in [-0.3, -0.25) is 4.79 Å². The van der Waals surface area contributed by atoms with Crippen LogP contribution in [0.4, 0.5) is 0 Å². The van der Waals surface area contributed by atoms with Crippen LogP contribution in [0.3, 0.4) is 0 Å². The Morgan fingerprint density at radius 1 is 1.08 bits per heavy atom. The van der Waals surface area contributed by atoms with Crippen LogP contribution < -0.4 is 5.56 Å². The lowest BCUT2D eigenvalue weighted by atomic mass is 9.81. The van der Waals surface area contributed by atoms with Crippen LogP contribution in [0.1, 0.15) is 23.6 Å². The largest absolute Gasteiger partial charge is 0.311 e. The maximum Gasteiger partial charge on any atom is 0.250 e. The number of piperidine rings is 1. The highest BCUT2D eigenvalue weighted by Gasteiger charge is 2.39. The molecule has 1 fully saturated rings. The van der Waals surface area contributed by atoms with Crippen LogP contribution in [0.25, 0.3) is 11.1 Å². The third-order valence-corrected chi connectivity index (χ3v) is 6.60. The second-order valence-electron chi connectivity index (χ2n) is 7.12. The van der Waals surface area contributed by atoms with Crippen molar-refractivity contribution in [3.63, 3.8) is 0 Å². The molecule has 0 radical (unpaired) electrons. The Morgan fingerprint density at radius 2 is 1.85 bits per heavy atom. The fourth-order valence-corrected chi connectivity index (χ4v) is 5.22. The molecule has 2 aliphatic heterocycles. The average molecular weight is 369 g/mol. The molecule has 1 saturated heterocycles. The zero-order valence-corrected chi connectivity index (χ0v) is 15.2. The summed E-state index contributed by atoms with van der Waals surface area (Å²) < 4.78 is 27.4. The van der Waals surface area contributed by atoms with E-state index in [4.69, 9.17) is 0 Å². The Morgan fingerprint density at radius 3 is 2.58 bits per heavy atom. The first-order valence-electron chi connectivity index (χ1n) is 8.57. The highest BCUT2D eigenvalue weighted by molar-refractivity contribution is 7.88. The molecule has 1 aromatic heterocycles. The first-order chi connectivity index (χ1) is 12.4. The predicted molar refractivity (Wildman–Crippen MR) is 98.1 cm³/mol. The molecule has 2 bridgehead atoms. The quantitative estimate of drug-likeness (QED) is 0.808. The molecular weight excluding hydrogens is 350 g/mol. The molecule has 2 aromatic rings. The van der Waals surface area contributed by atoms with E-state index in [2.05, 4.69) is 6.07 Å². The van der Waals surface area contributed by atoms with Crippen LogP contribution in [0.5, 0.6) is 0 Å². The van der Waals surface area contributed by atoms with Gasteiger partial charge in [-0.2, -0.15) is 5.26 Å². The summed E-state index contributed by atoms with van der Waals surface area (Å²) >= 11 is 0. The van der Waals surface area contributed by atoms with Gasteiger partial charge in [-0.25, -0.2) is 12.7 Å². The minimum atomic E-state index is -3.28. The molecule has 6 nitrogen and oxygen atoms in total. The number of pyridine rings is 1. The van der Waals surface area contributed by atoms with Gasteiger partial charge in [0, 0.05) is 48.4 Å². The van der Waals surface area contributed by atoms with Crippen molar-refractivity contribution in [1.82, 2.24) is 8.87 Å². The number of hydrogen-bond donors (Lipinski definition) is 0. The van der Waals surface area contributed by atoms with Crippen molar-refractivity contribution >= 4 is 10.0 Å². The molecule has 0 aliphatic carbocycles. The van der Waals surface area contributed by atoms with Crippen molar-refractivity contribution < 1.29 is 8.42 Å². The van der Waals surface area contributed by atoms with E-state index in [1.165, 1.54) is 10.6 Å². The molecule has 7 heteroatoms. The molecule has 0 N–H and O–H groups in total. The SMILES string of the molecule is CS(=O)(=O)N1C[C@@H]2C[C@H](C1)c1c(-c3ccccc3C#N)ccc(=O)n1C2. The molecule has 26 heavy (non-hydrogen) atoms. The van der Waals surface area contributed by atoms with E-state index < -0.39 is 10.0 Å². The summed E-state index contributed by atoms with van der Waals surface area (Å²) in [5.41, 5.74) is 2.96. The van der Waals surface area contributed by atoms with Gasteiger partial charge >= 0.3 is 0 Å². The normalized spacial score (nSPS) is 22.5. The van der Waals surface area contributed by atoms with Crippen LogP contribution in [0.15, 0.2) is 41.2 Å². The number of hydrogen-bond acceptors (Lipinski definition) is 4. The number of benzene rings is 1. The number of fused-ring (bicyclic) bond motifs is 4. The smallest absolute Gasteiger partial charge is 0.250 e. The van der Waals surface area contributed by atoms with Crippen molar-refractivity contribution in [2.75, 3.05) is 19.3 Å². The molecule has 4 rings (SSSR count). The van der Waals surface area contributed by atoms with Gasteiger partial charge in [0.15, 0.2) is 0 Å². The Balaban J connectivity index is 1.91. The van der Waals surface area contributed by atoms with Gasteiger partial charge in [-0.1, -0.05) is 18.2 Å². The minimum absolute atomic E-state index is 0.0483. The van der Waals surface area contributed by atoms with E-state index in [1.54, 1.807) is 22.8 Å². The Bertz CT molecular complexity index is 1080. The summed E-state index contributed by atoms with van der Waals surface area (Å²) in [6.07, 6.45) is 2.09. The molecule has 0 unspecified atom stereocenters. The lowest BCUT2D eigenvalue weighted by molar-refractivity contribution is 0.187. The van der Waals surface area contributed by atoms with Gasteiger partial charge in [0.2, 0.25) is 10.0 Å². The number of sulfonamides is 1. The van der Waals surface area contributed by atoms with Gasteiger partial charge in [-0.15, -0.1) is 0 Å². The molecule has 1 aromatic carbocycles. The van der Waals surface area contributed by atoms with Crippen molar-refractivity contribution in [2.45, 2.75) is 18.9 Å². The highest BCUT2D eigenvalue weighted by atomic mass is 32.2. The van der Waals surface area contributed by atoms with Gasteiger partial charge in [0.05, 0.1) is 17.9 Å². The van der Waals surface area contributed by atoms with E-state index >= 15 is 0 Å². The van der Waals surface area contributed by atoms with Gasteiger partial charge in [0.1, 0.15) is 0 Å². The zero-order valence-electron chi connectivity index (χ0n) is 14.4. The number of aromatic nitrogens is 1. The van der Waals surface area contributed by atoms with Gasteiger partial charge in [-0.05, 0) is 24.5 Å². The van der Waals surface area contributed by atoms with Crippen molar-refractivity contribution in [3.05, 3.63) is 58.0 Å². The summed E-state index contributed by atoms with van der Waals surface area (Å²) in [6.45, 7) is 1.35. The first-order valence-corrected chi connectivity index (χ1v) is 10.4. The monoisotopic (exact) mass is 369 g/mol. The van der Waals surface area contributed by atoms with Crippen LogP contribution in [0.2, 0.25) is 0 Å². The number of nitriles is 1. The molecule has 3 heterocycles. The summed E-state index contributed by atoms with van der Waals surface area (Å²) in [7, 11) is -3.28. The highest BCUT2D eigenvalue weighted by Crippen LogP contribution is 2.40. The third kappa shape index (κ3) is 2.75. The second-order valence-corrected chi connectivity index (χ2v) is 9.10. The number of nitrogens with zero attached hydrogens (tertiary/aromatic N) is 3. The van der Waals surface area contributed by atoms with E-state index in [0.29, 0.717) is 25.2 Å².